The van der Waals surface area contributed by atoms with Crippen molar-refractivity contribution in [3.63, 3.8) is 0 Å². The Bertz CT molecular complexity index is 994. The van der Waals surface area contributed by atoms with Crippen LogP contribution >= 0.6 is 0 Å². The lowest BCUT2D eigenvalue weighted by Gasteiger charge is -2.27. The Morgan fingerprint density at radius 3 is 2.75 bits per heavy atom. The van der Waals surface area contributed by atoms with Gasteiger partial charge in [-0.05, 0) is 23.6 Å². The van der Waals surface area contributed by atoms with Crippen LogP contribution in [0.4, 0.5) is 11.4 Å². The first kappa shape index (κ1) is 18.9. The maximum absolute atomic E-state index is 12.5. The maximum Gasteiger partial charge on any atom is 0.273 e. The Labute approximate surface area is 161 Å². The molecule has 0 fully saturated rings. The summed E-state index contributed by atoms with van der Waals surface area (Å²) in [4.78, 5) is 24.8. The molecule has 0 saturated carbocycles. The minimum absolute atomic E-state index is 0.0558. The van der Waals surface area contributed by atoms with E-state index in [4.69, 9.17) is 4.74 Å². The predicted molar refractivity (Wildman–Crippen MR) is 103 cm³/mol. The van der Waals surface area contributed by atoms with E-state index >= 15 is 0 Å². The molecule has 8 heteroatoms. The number of nitrogens with zero attached hydrogens (tertiary/aromatic N) is 3. The molecule has 0 radical (unpaired) electrons. The molecule has 0 spiro atoms. The number of nitriles is 1. The van der Waals surface area contributed by atoms with Gasteiger partial charge in [-0.1, -0.05) is 24.3 Å². The molecule has 1 aliphatic rings. The molecule has 0 aliphatic carbocycles. The summed E-state index contributed by atoms with van der Waals surface area (Å²) in [7, 11) is 1.35. The van der Waals surface area contributed by atoms with Gasteiger partial charge >= 0.3 is 0 Å². The number of hydrogen-bond donors (Lipinski definition) is 1. The molecule has 0 bridgehead atoms. The lowest BCUT2D eigenvalue weighted by molar-refractivity contribution is -0.384. The topological polar surface area (TPSA) is 108 Å². The predicted octanol–water partition coefficient (Wildman–Crippen LogP) is 3.01. The van der Waals surface area contributed by atoms with Gasteiger partial charge in [0.25, 0.3) is 11.6 Å². The number of benzene rings is 2. The van der Waals surface area contributed by atoms with E-state index in [1.54, 1.807) is 6.20 Å². The molecule has 8 nitrogen and oxygen atoms in total. The lowest BCUT2D eigenvalue weighted by atomic mass is 10.0. The first-order valence-electron chi connectivity index (χ1n) is 8.58. The van der Waals surface area contributed by atoms with E-state index in [-0.39, 0.29) is 22.7 Å². The second-order valence-electron chi connectivity index (χ2n) is 6.24. The normalized spacial score (nSPS) is 13.3. The third-order valence-electron chi connectivity index (χ3n) is 4.48. The molecule has 28 heavy (non-hydrogen) atoms. The largest absolute Gasteiger partial charge is 0.494 e. The number of rotatable bonds is 5. The summed E-state index contributed by atoms with van der Waals surface area (Å²) < 4.78 is 5.11. The van der Waals surface area contributed by atoms with E-state index in [1.807, 2.05) is 29.2 Å². The van der Waals surface area contributed by atoms with Gasteiger partial charge in [0, 0.05) is 25.4 Å². The molecule has 142 valence electrons. The molecule has 2 aromatic rings. The van der Waals surface area contributed by atoms with Crippen LogP contribution in [0, 0.1) is 21.4 Å². The summed E-state index contributed by atoms with van der Waals surface area (Å²) in [6.45, 7) is 1.33. The Balaban J connectivity index is 1.77. The highest BCUT2D eigenvalue weighted by Crippen LogP contribution is 2.29. The van der Waals surface area contributed by atoms with Gasteiger partial charge in [-0.3, -0.25) is 14.9 Å². The van der Waals surface area contributed by atoms with Crippen LogP contribution in [-0.2, 0) is 17.8 Å². The molecular weight excluding hydrogens is 360 g/mol. The van der Waals surface area contributed by atoms with E-state index in [1.165, 1.54) is 36.4 Å². The highest BCUT2D eigenvalue weighted by molar-refractivity contribution is 6.07. The molecule has 0 atom stereocenters. The Morgan fingerprint density at radius 1 is 1.32 bits per heavy atom. The fourth-order valence-corrected chi connectivity index (χ4v) is 3.03. The fourth-order valence-electron chi connectivity index (χ4n) is 3.03. The number of nitrogens with one attached hydrogen (secondary N) is 1. The standard InChI is InChI=1S/C20H18N4O4/c1-28-19-10-17(24(26)27)6-7-18(19)22-20(25)16(11-21)13-23-9-8-14-4-2-3-5-15(14)12-23/h2-7,10,13H,8-9,12H2,1H3,(H,22,25)/b16-13-. The number of carbonyl (C=O) groups is 1. The molecule has 1 N–H and O–H groups in total. The van der Waals surface area contributed by atoms with Crippen LogP contribution in [0.3, 0.4) is 0 Å². The second-order valence-corrected chi connectivity index (χ2v) is 6.24. The van der Waals surface area contributed by atoms with Crippen molar-refractivity contribution in [1.29, 1.82) is 5.26 Å². The Morgan fingerprint density at radius 2 is 2.07 bits per heavy atom. The van der Waals surface area contributed by atoms with Crippen molar-refractivity contribution in [3.8, 4) is 11.8 Å². The van der Waals surface area contributed by atoms with E-state index < -0.39 is 10.8 Å². The Hall–Kier alpha value is -3.86. The molecule has 1 heterocycles. The van der Waals surface area contributed by atoms with Gasteiger partial charge in [0.1, 0.15) is 17.4 Å². The van der Waals surface area contributed by atoms with Crippen LogP contribution < -0.4 is 10.1 Å². The number of nitro benzene ring substituents is 1. The zero-order valence-corrected chi connectivity index (χ0v) is 15.2. The number of hydrogen-bond acceptors (Lipinski definition) is 6. The van der Waals surface area contributed by atoms with Crippen LogP contribution in [-0.4, -0.2) is 29.4 Å². The molecule has 0 aromatic heterocycles. The van der Waals surface area contributed by atoms with Gasteiger partial charge in [-0.15, -0.1) is 0 Å². The van der Waals surface area contributed by atoms with Gasteiger partial charge in [0.15, 0.2) is 0 Å². The molecular formula is C20H18N4O4. The van der Waals surface area contributed by atoms with Crippen molar-refractivity contribution < 1.29 is 14.5 Å². The summed E-state index contributed by atoms with van der Waals surface area (Å²) >= 11 is 0. The number of ether oxygens (including phenoxy) is 1. The molecule has 1 aliphatic heterocycles. The molecule has 0 saturated heterocycles. The van der Waals surface area contributed by atoms with E-state index in [2.05, 4.69) is 11.4 Å². The molecule has 2 aromatic carbocycles. The quantitative estimate of drug-likeness (QED) is 0.371. The number of carbonyl (C=O) groups excluding carboxylic acids is 1. The number of fused-ring (bicyclic) bond motifs is 1. The van der Waals surface area contributed by atoms with E-state index in [0.29, 0.717) is 13.1 Å². The van der Waals surface area contributed by atoms with Crippen molar-refractivity contribution in [2.75, 3.05) is 19.0 Å². The second kappa shape index (κ2) is 8.22. The van der Waals surface area contributed by atoms with Gasteiger partial charge in [0.05, 0.1) is 23.8 Å². The van der Waals surface area contributed by atoms with Gasteiger partial charge in [-0.2, -0.15) is 5.26 Å². The SMILES string of the molecule is COc1cc([N+](=O)[O-])ccc1NC(=O)/C(C#N)=C\N1CCc2ccccc2C1. The van der Waals surface area contributed by atoms with E-state index in [9.17, 15) is 20.2 Å². The minimum atomic E-state index is -0.603. The number of non-ortho nitro benzene ring substituents is 1. The smallest absolute Gasteiger partial charge is 0.273 e. The third-order valence-corrected chi connectivity index (χ3v) is 4.48. The Kier molecular flexibility index (Phi) is 5.56. The average molecular weight is 378 g/mol. The van der Waals surface area contributed by atoms with Crippen molar-refractivity contribution >= 4 is 17.3 Å². The number of amides is 1. The van der Waals surface area contributed by atoms with Crippen LogP contribution in [0.2, 0.25) is 0 Å². The maximum atomic E-state index is 12.5. The number of anilines is 1. The number of nitro groups is 1. The average Bonchev–Trinajstić information content (AvgIpc) is 2.71. The van der Waals surface area contributed by atoms with Crippen molar-refractivity contribution in [2.24, 2.45) is 0 Å². The highest BCUT2D eigenvalue weighted by Gasteiger charge is 2.18. The van der Waals surface area contributed by atoms with Gasteiger partial charge in [0.2, 0.25) is 0 Å². The van der Waals surface area contributed by atoms with Crippen LogP contribution in [0.5, 0.6) is 5.75 Å². The van der Waals surface area contributed by atoms with E-state index in [0.717, 1.165) is 6.42 Å². The molecule has 1 amide bonds. The third kappa shape index (κ3) is 4.10. The fraction of sp³-hybridized carbons (Fsp3) is 0.200. The zero-order valence-electron chi connectivity index (χ0n) is 15.2. The highest BCUT2D eigenvalue weighted by atomic mass is 16.6. The molecule has 3 rings (SSSR count). The monoisotopic (exact) mass is 378 g/mol. The summed E-state index contributed by atoms with van der Waals surface area (Å²) in [6, 6.07) is 13.8. The van der Waals surface area contributed by atoms with Gasteiger partial charge < -0.3 is 15.0 Å². The van der Waals surface area contributed by atoms with Crippen molar-refractivity contribution in [3.05, 3.63) is 75.5 Å². The summed E-state index contributed by atoms with van der Waals surface area (Å²) in [5.41, 5.74) is 2.48. The number of methoxy groups -OCH3 is 1. The summed E-state index contributed by atoms with van der Waals surface area (Å²) in [6.07, 6.45) is 2.38. The van der Waals surface area contributed by atoms with Crippen molar-refractivity contribution in [2.45, 2.75) is 13.0 Å². The lowest BCUT2D eigenvalue weighted by Crippen LogP contribution is -2.27. The summed E-state index contributed by atoms with van der Waals surface area (Å²) in [5, 5.41) is 22.9. The van der Waals surface area contributed by atoms with Crippen LogP contribution in [0.25, 0.3) is 0 Å². The van der Waals surface area contributed by atoms with Crippen LogP contribution in [0.15, 0.2) is 54.2 Å². The first-order chi connectivity index (χ1) is 13.5. The summed E-state index contributed by atoms with van der Waals surface area (Å²) in [5.74, 6) is -0.458. The van der Waals surface area contributed by atoms with Crippen molar-refractivity contribution in [1.82, 2.24) is 4.90 Å². The minimum Gasteiger partial charge on any atom is -0.494 e. The van der Waals surface area contributed by atoms with Gasteiger partial charge in [-0.25, -0.2) is 0 Å². The van der Waals surface area contributed by atoms with Crippen LogP contribution in [0.1, 0.15) is 11.1 Å². The molecule has 0 unspecified atom stereocenters. The first-order valence-corrected chi connectivity index (χ1v) is 8.58. The zero-order chi connectivity index (χ0) is 20.1.